The number of nitrogens with zero attached hydrogens (tertiary/aromatic N) is 4. The lowest BCUT2D eigenvalue weighted by Gasteiger charge is -1.97. The van der Waals surface area contributed by atoms with Gasteiger partial charge in [0.15, 0.2) is 0 Å². The minimum Gasteiger partial charge on any atom is -0.195 e. The summed E-state index contributed by atoms with van der Waals surface area (Å²) in [6, 6.07) is 9.94. The summed E-state index contributed by atoms with van der Waals surface area (Å²) in [4.78, 5) is 1.10. The molecule has 0 amide bonds. The van der Waals surface area contributed by atoms with Crippen molar-refractivity contribution in [3.63, 3.8) is 0 Å². The van der Waals surface area contributed by atoms with Crippen molar-refractivity contribution in [2.45, 2.75) is 10.1 Å². The predicted molar refractivity (Wildman–Crippen MR) is 54.8 cm³/mol. The van der Waals surface area contributed by atoms with E-state index in [0.29, 0.717) is 5.16 Å². The summed E-state index contributed by atoms with van der Waals surface area (Å²) in [5.74, 6) is 0. The van der Waals surface area contributed by atoms with Crippen molar-refractivity contribution in [2.24, 2.45) is 0 Å². The zero-order valence-corrected chi connectivity index (χ0v) is 8.18. The molecule has 0 aliphatic heterocycles. The van der Waals surface area contributed by atoms with E-state index in [1.54, 1.807) is 6.20 Å². The van der Waals surface area contributed by atoms with Gasteiger partial charge in [-0.05, 0) is 34.3 Å². The Hall–Kier alpha value is -1.62. The number of benzene rings is 1. The van der Waals surface area contributed by atoms with Gasteiger partial charge < -0.3 is 0 Å². The fraction of sp³-hybridized carbons (Fsp3) is 0. The largest absolute Gasteiger partial charge is 0.218 e. The van der Waals surface area contributed by atoms with Gasteiger partial charge in [-0.25, -0.2) is 0 Å². The molecular formula is C9H8N4S. The summed E-state index contributed by atoms with van der Waals surface area (Å²) in [5.41, 5.74) is 0. The predicted octanol–water partition coefficient (Wildman–Crippen LogP) is 1.92. The first-order valence-corrected chi connectivity index (χ1v) is 4.85. The molecule has 0 saturated heterocycles. The van der Waals surface area contributed by atoms with Crippen LogP contribution >= 0.6 is 11.8 Å². The maximum atomic E-state index is 3.88. The van der Waals surface area contributed by atoms with E-state index in [9.17, 15) is 0 Å². The number of hydrogen-bond acceptors (Lipinski definition) is 4. The van der Waals surface area contributed by atoms with Crippen LogP contribution in [0.25, 0.3) is 6.20 Å². The van der Waals surface area contributed by atoms with E-state index in [2.05, 4.69) is 22.1 Å². The molecular weight excluding hydrogens is 196 g/mol. The van der Waals surface area contributed by atoms with Crippen LogP contribution in [0, 0.1) is 0 Å². The zero-order chi connectivity index (χ0) is 9.80. The van der Waals surface area contributed by atoms with Gasteiger partial charge in [0.2, 0.25) is 5.16 Å². The van der Waals surface area contributed by atoms with Gasteiger partial charge in [-0.15, -0.1) is 5.10 Å². The van der Waals surface area contributed by atoms with Crippen molar-refractivity contribution in [1.82, 2.24) is 20.2 Å². The molecule has 0 fully saturated rings. The van der Waals surface area contributed by atoms with Gasteiger partial charge in [-0.1, -0.05) is 24.8 Å². The molecule has 0 N–H and O–H groups in total. The third-order valence-corrected chi connectivity index (χ3v) is 2.55. The first-order chi connectivity index (χ1) is 6.90. The third-order valence-electron chi connectivity index (χ3n) is 1.59. The smallest absolute Gasteiger partial charge is 0.195 e. The molecule has 0 unspecified atom stereocenters. The van der Waals surface area contributed by atoms with Crippen LogP contribution in [0.4, 0.5) is 0 Å². The molecule has 0 saturated carbocycles. The van der Waals surface area contributed by atoms with E-state index in [1.807, 2.05) is 30.3 Å². The van der Waals surface area contributed by atoms with Crippen LogP contribution in [0.5, 0.6) is 0 Å². The highest BCUT2D eigenvalue weighted by Gasteiger charge is 2.04. The van der Waals surface area contributed by atoms with Crippen LogP contribution in [0.15, 0.2) is 47.0 Å². The van der Waals surface area contributed by atoms with E-state index in [1.165, 1.54) is 16.4 Å². The Morgan fingerprint density at radius 1 is 1.29 bits per heavy atom. The van der Waals surface area contributed by atoms with Crippen LogP contribution in [-0.4, -0.2) is 20.2 Å². The molecule has 1 aromatic heterocycles. The molecule has 0 spiro atoms. The van der Waals surface area contributed by atoms with Crippen molar-refractivity contribution in [2.75, 3.05) is 0 Å². The molecule has 0 radical (unpaired) electrons. The average Bonchev–Trinajstić information content (AvgIpc) is 2.67. The van der Waals surface area contributed by atoms with E-state index < -0.39 is 0 Å². The maximum absolute atomic E-state index is 3.88. The van der Waals surface area contributed by atoms with Crippen molar-refractivity contribution in [3.05, 3.63) is 36.9 Å². The fourth-order valence-corrected chi connectivity index (χ4v) is 1.75. The molecule has 5 heteroatoms. The maximum Gasteiger partial charge on any atom is 0.218 e. The Balaban J connectivity index is 2.23. The number of hydrogen-bond donors (Lipinski definition) is 0. The Kier molecular flexibility index (Phi) is 2.60. The van der Waals surface area contributed by atoms with Gasteiger partial charge in [0.05, 0.1) is 0 Å². The second kappa shape index (κ2) is 4.06. The van der Waals surface area contributed by atoms with Gasteiger partial charge in [-0.3, -0.25) is 0 Å². The third kappa shape index (κ3) is 1.82. The lowest BCUT2D eigenvalue weighted by Crippen LogP contribution is -1.90. The van der Waals surface area contributed by atoms with E-state index in [4.69, 9.17) is 0 Å². The van der Waals surface area contributed by atoms with E-state index in [0.717, 1.165) is 4.90 Å². The first kappa shape index (κ1) is 8.96. The normalized spacial score (nSPS) is 10.0. The van der Waals surface area contributed by atoms with Crippen LogP contribution in [0.2, 0.25) is 0 Å². The van der Waals surface area contributed by atoms with Crippen LogP contribution in [0.3, 0.4) is 0 Å². The van der Waals surface area contributed by atoms with Gasteiger partial charge in [0, 0.05) is 11.1 Å². The van der Waals surface area contributed by atoms with Crippen LogP contribution in [-0.2, 0) is 0 Å². The average molecular weight is 204 g/mol. The standard InChI is InChI=1S/C9H8N4S/c1-2-13-9(10-11-12-13)14-8-6-4-3-5-7-8/h2-7H,1H2. The van der Waals surface area contributed by atoms with Gasteiger partial charge in [0.1, 0.15) is 0 Å². The minimum absolute atomic E-state index is 0.714. The molecule has 2 aromatic rings. The summed E-state index contributed by atoms with van der Waals surface area (Å²) in [6.45, 7) is 3.61. The first-order valence-electron chi connectivity index (χ1n) is 4.03. The Morgan fingerprint density at radius 2 is 2.07 bits per heavy atom. The van der Waals surface area contributed by atoms with Gasteiger partial charge >= 0.3 is 0 Å². The Bertz CT molecular complexity index is 423. The van der Waals surface area contributed by atoms with Crippen molar-refractivity contribution < 1.29 is 0 Å². The molecule has 0 aliphatic rings. The summed E-state index contributed by atoms with van der Waals surface area (Å²) in [5, 5.41) is 11.9. The summed E-state index contributed by atoms with van der Waals surface area (Å²) >= 11 is 1.50. The quantitative estimate of drug-likeness (QED) is 0.766. The van der Waals surface area contributed by atoms with Crippen LogP contribution in [0.1, 0.15) is 0 Å². The van der Waals surface area contributed by atoms with Crippen molar-refractivity contribution in [1.29, 1.82) is 0 Å². The van der Waals surface area contributed by atoms with Gasteiger partial charge in [-0.2, -0.15) is 4.68 Å². The Morgan fingerprint density at radius 3 is 2.79 bits per heavy atom. The van der Waals surface area contributed by atoms with E-state index >= 15 is 0 Å². The molecule has 1 heterocycles. The number of aromatic nitrogens is 4. The minimum atomic E-state index is 0.714. The molecule has 0 aliphatic carbocycles. The molecule has 4 nitrogen and oxygen atoms in total. The summed E-state index contributed by atoms with van der Waals surface area (Å²) in [6.07, 6.45) is 1.57. The monoisotopic (exact) mass is 204 g/mol. The number of tetrazole rings is 1. The second-order valence-electron chi connectivity index (χ2n) is 2.50. The van der Waals surface area contributed by atoms with E-state index in [-0.39, 0.29) is 0 Å². The highest BCUT2D eigenvalue weighted by molar-refractivity contribution is 7.99. The SMILES string of the molecule is C=Cn1nnnc1Sc1ccccc1. The van der Waals surface area contributed by atoms with Crippen LogP contribution < -0.4 is 0 Å². The second-order valence-corrected chi connectivity index (χ2v) is 3.54. The molecule has 14 heavy (non-hydrogen) atoms. The lowest BCUT2D eigenvalue weighted by atomic mass is 10.4. The lowest BCUT2D eigenvalue weighted by molar-refractivity contribution is 0.796. The summed E-state index contributed by atoms with van der Waals surface area (Å²) < 4.78 is 1.54. The van der Waals surface area contributed by atoms with Crippen molar-refractivity contribution in [3.8, 4) is 0 Å². The highest BCUT2D eigenvalue weighted by atomic mass is 32.2. The molecule has 1 aromatic carbocycles. The molecule has 2 rings (SSSR count). The zero-order valence-electron chi connectivity index (χ0n) is 7.37. The Labute approximate surface area is 85.6 Å². The fourth-order valence-electron chi connectivity index (χ4n) is 0.961. The molecule has 70 valence electrons. The van der Waals surface area contributed by atoms with Gasteiger partial charge in [0.25, 0.3) is 0 Å². The topological polar surface area (TPSA) is 43.6 Å². The molecule has 0 bridgehead atoms. The van der Waals surface area contributed by atoms with Crippen molar-refractivity contribution >= 4 is 18.0 Å². The molecule has 0 atom stereocenters. The highest BCUT2D eigenvalue weighted by Crippen LogP contribution is 2.24. The summed E-state index contributed by atoms with van der Waals surface area (Å²) in [7, 11) is 0. The number of rotatable bonds is 3.